The summed E-state index contributed by atoms with van der Waals surface area (Å²) < 4.78 is 23.7. The number of sulfone groups is 1. The molecule has 0 atom stereocenters. The summed E-state index contributed by atoms with van der Waals surface area (Å²) in [6.07, 6.45) is 0. The van der Waals surface area contributed by atoms with Gasteiger partial charge >= 0.3 is 0 Å². The number of ketones is 1. The lowest BCUT2D eigenvalue weighted by Crippen LogP contribution is -2.34. The van der Waals surface area contributed by atoms with Crippen molar-refractivity contribution in [1.82, 2.24) is 0 Å². The van der Waals surface area contributed by atoms with Crippen molar-refractivity contribution < 1.29 is 18.0 Å². The van der Waals surface area contributed by atoms with Gasteiger partial charge in [-0.1, -0.05) is 22.9 Å². The number of carbonyl (C=O) groups is 2. The molecule has 0 aromatic heterocycles. The van der Waals surface area contributed by atoms with Crippen molar-refractivity contribution in [3.63, 3.8) is 0 Å². The zero-order valence-corrected chi connectivity index (χ0v) is 12.6. The highest BCUT2D eigenvalue weighted by Gasteiger charge is 2.36. The summed E-state index contributed by atoms with van der Waals surface area (Å²) in [6, 6.07) is 4.93. The number of carbonyl (C=O) groups excluding carboxylic acids is 2. The van der Waals surface area contributed by atoms with Gasteiger partial charge in [-0.3, -0.25) is 9.59 Å². The predicted molar refractivity (Wildman–Crippen MR) is 75.2 cm³/mol. The molecular weight excluding hydrogens is 334 g/mol. The minimum atomic E-state index is -3.17. The SMILES string of the molecule is CCS(=O)(=O)CCN1C(=O)C(=O)c2cc(Br)ccc21. The van der Waals surface area contributed by atoms with Crippen LogP contribution in [0, 0.1) is 0 Å². The maximum absolute atomic E-state index is 11.8. The minimum Gasteiger partial charge on any atom is -0.304 e. The minimum absolute atomic E-state index is 0.00930. The molecule has 0 spiro atoms. The molecule has 0 bridgehead atoms. The number of rotatable bonds is 4. The highest BCUT2D eigenvalue weighted by molar-refractivity contribution is 9.10. The molecular formula is C12H12BrNO4S. The Balaban J connectivity index is 2.29. The first-order valence-corrected chi connectivity index (χ1v) is 8.33. The molecule has 0 saturated carbocycles. The van der Waals surface area contributed by atoms with Crippen LogP contribution in [0.4, 0.5) is 5.69 Å². The average Bonchev–Trinajstić information content (AvgIpc) is 2.60. The maximum atomic E-state index is 11.8. The molecule has 0 unspecified atom stereocenters. The van der Waals surface area contributed by atoms with Gasteiger partial charge in [0, 0.05) is 16.8 Å². The van der Waals surface area contributed by atoms with Crippen molar-refractivity contribution in [2.45, 2.75) is 6.92 Å². The van der Waals surface area contributed by atoms with Crippen LogP contribution in [0.3, 0.4) is 0 Å². The van der Waals surface area contributed by atoms with Gasteiger partial charge in [0.15, 0.2) is 9.84 Å². The lowest BCUT2D eigenvalue weighted by Gasteiger charge is -2.16. The summed E-state index contributed by atoms with van der Waals surface area (Å²) in [6.45, 7) is 1.56. The predicted octanol–water partition coefficient (Wildman–Crippen LogP) is 1.41. The van der Waals surface area contributed by atoms with E-state index in [1.54, 1.807) is 25.1 Å². The Morgan fingerprint density at radius 3 is 2.58 bits per heavy atom. The van der Waals surface area contributed by atoms with E-state index in [9.17, 15) is 18.0 Å². The number of halogens is 1. The highest BCUT2D eigenvalue weighted by Crippen LogP contribution is 2.31. The van der Waals surface area contributed by atoms with Gasteiger partial charge in [-0.05, 0) is 18.2 Å². The largest absolute Gasteiger partial charge is 0.304 e. The van der Waals surface area contributed by atoms with E-state index in [2.05, 4.69) is 15.9 Å². The molecule has 2 rings (SSSR count). The normalized spacial score (nSPS) is 14.9. The smallest absolute Gasteiger partial charge is 0.299 e. The molecule has 1 amide bonds. The van der Waals surface area contributed by atoms with E-state index >= 15 is 0 Å². The van der Waals surface area contributed by atoms with E-state index in [1.165, 1.54) is 4.90 Å². The molecule has 1 heterocycles. The van der Waals surface area contributed by atoms with Gasteiger partial charge in [0.1, 0.15) is 0 Å². The zero-order valence-electron chi connectivity index (χ0n) is 10.2. The lowest BCUT2D eigenvalue weighted by atomic mass is 10.1. The molecule has 5 nitrogen and oxygen atoms in total. The third-order valence-corrected chi connectivity index (χ3v) is 5.18. The van der Waals surface area contributed by atoms with E-state index < -0.39 is 21.5 Å². The molecule has 1 aliphatic heterocycles. The molecule has 1 aromatic rings. The quantitative estimate of drug-likeness (QED) is 0.773. The molecule has 19 heavy (non-hydrogen) atoms. The third-order valence-electron chi connectivity index (χ3n) is 3.00. The summed E-state index contributed by atoms with van der Waals surface area (Å²) in [7, 11) is -3.17. The number of hydrogen-bond acceptors (Lipinski definition) is 4. The zero-order chi connectivity index (χ0) is 14.2. The van der Waals surface area contributed by atoms with E-state index in [0.29, 0.717) is 15.7 Å². The first-order valence-electron chi connectivity index (χ1n) is 5.72. The van der Waals surface area contributed by atoms with E-state index in [4.69, 9.17) is 0 Å². The first-order chi connectivity index (χ1) is 8.85. The molecule has 1 aromatic carbocycles. The molecule has 102 valence electrons. The van der Waals surface area contributed by atoms with Gasteiger partial charge in [-0.15, -0.1) is 0 Å². The van der Waals surface area contributed by atoms with Gasteiger partial charge in [0.2, 0.25) is 0 Å². The van der Waals surface area contributed by atoms with Gasteiger partial charge in [-0.2, -0.15) is 0 Å². The van der Waals surface area contributed by atoms with Crippen LogP contribution in [0.5, 0.6) is 0 Å². The van der Waals surface area contributed by atoms with Gasteiger partial charge in [0.05, 0.1) is 17.0 Å². The Labute approximate surface area is 119 Å². The summed E-state index contributed by atoms with van der Waals surface area (Å²) in [5.74, 6) is -1.38. The van der Waals surface area contributed by atoms with Crippen LogP contribution < -0.4 is 4.90 Å². The number of fused-ring (bicyclic) bond motifs is 1. The van der Waals surface area contributed by atoms with E-state index in [1.807, 2.05) is 0 Å². The van der Waals surface area contributed by atoms with Crippen molar-refractivity contribution >= 4 is 43.1 Å². The van der Waals surface area contributed by atoms with Crippen LogP contribution in [0.25, 0.3) is 0 Å². The van der Waals surface area contributed by atoms with Crippen molar-refractivity contribution in [3.8, 4) is 0 Å². The van der Waals surface area contributed by atoms with Crippen molar-refractivity contribution in [3.05, 3.63) is 28.2 Å². The van der Waals surface area contributed by atoms with Crippen molar-refractivity contribution in [2.24, 2.45) is 0 Å². The summed E-state index contributed by atoms with van der Waals surface area (Å²) in [5, 5.41) is 0. The molecule has 7 heteroatoms. The summed E-state index contributed by atoms with van der Waals surface area (Å²) in [5.41, 5.74) is 0.790. The number of hydrogen-bond donors (Lipinski definition) is 0. The number of benzene rings is 1. The molecule has 0 radical (unpaired) electrons. The number of anilines is 1. The molecule has 0 fully saturated rings. The number of Topliss-reactive ketones (excluding diaryl/α,β-unsaturated/α-hetero) is 1. The fourth-order valence-corrected chi connectivity index (χ4v) is 2.98. The monoisotopic (exact) mass is 345 g/mol. The van der Waals surface area contributed by atoms with Crippen molar-refractivity contribution in [2.75, 3.05) is 23.0 Å². The van der Waals surface area contributed by atoms with Crippen LogP contribution in [0.15, 0.2) is 22.7 Å². The summed E-state index contributed by atoms with van der Waals surface area (Å²) in [4.78, 5) is 24.9. The summed E-state index contributed by atoms with van der Waals surface area (Å²) >= 11 is 3.24. The standard InChI is InChI=1S/C12H12BrNO4S/c1-2-19(17,18)6-5-14-10-4-3-8(13)7-9(10)11(15)12(14)16/h3-4,7H,2,5-6H2,1H3. The maximum Gasteiger partial charge on any atom is 0.299 e. The van der Waals surface area contributed by atoms with Crippen LogP contribution >= 0.6 is 15.9 Å². The molecule has 1 aliphatic rings. The molecule has 0 N–H and O–H groups in total. The first kappa shape index (κ1) is 14.2. The average molecular weight is 346 g/mol. The topological polar surface area (TPSA) is 71.5 Å². The highest BCUT2D eigenvalue weighted by atomic mass is 79.9. The van der Waals surface area contributed by atoms with Gasteiger partial charge < -0.3 is 4.90 Å². The number of amides is 1. The number of nitrogens with zero attached hydrogens (tertiary/aromatic N) is 1. The lowest BCUT2D eigenvalue weighted by molar-refractivity contribution is -0.114. The third kappa shape index (κ3) is 2.71. The van der Waals surface area contributed by atoms with Crippen LogP contribution in [0.1, 0.15) is 17.3 Å². The van der Waals surface area contributed by atoms with Crippen LogP contribution in [-0.2, 0) is 14.6 Å². The Hall–Kier alpha value is -1.21. The van der Waals surface area contributed by atoms with E-state index in [0.717, 1.165) is 0 Å². The second kappa shape index (κ2) is 5.05. The van der Waals surface area contributed by atoms with Gasteiger partial charge in [-0.25, -0.2) is 8.42 Å². The fourth-order valence-electron chi connectivity index (χ4n) is 1.87. The molecule has 0 saturated heterocycles. The Morgan fingerprint density at radius 1 is 1.26 bits per heavy atom. The van der Waals surface area contributed by atoms with Crippen LogP contribution in [-0.4, -0.2) is 38.2 Å². The molecule has 0 aliphatic carbocycles. The Bertz CT molecular complexity index is 654. The van der Waals surface area contributed by atoms with Crippen LogP contribution in [0.2, 0.25) is 0 Å². The Kier molecular flexibility index (Phi) is 3.78. The fraction of sp³-hybridized carbons (Fsp3) is 0.333. The second-order valence-corrected chi connectivity index (χ2v) is 7.57. The van der Waals surface area contributed by atoms with Crippen molar-refractivity contribution in [1.29, 1.82) is 0 Å². The van der Waals surface area contributed by atoms with E-state index in [-0.39, 0.29) is 18.1 Å². The second-order valence-electron chi connectivity index (χ2n) is 4.18. The van der Waals surface area contributed by atoms with Gasteiger partial charge in [0.25, 0.3) is 11.7 Å². The Morgan fingerprint density at radius 2 is 1.95 bits per heavy atom.